The Morgan fingerprint density at radius 2 is 0.864 bits per heavy atom. The van der Waals surface area contributed by atoms with Crippen molar-refractivity contribution >= 4 is 75.5 Å². The lowest BCUT2D eigenvalue weighted by atomic mass is 9.81. The number of anilines is 3. The van der Waals surface area contributed by atoms with Gasteiger partial charge in [-0.3, -0.25) is 0 Å². The summed E-state index contributed by atoms with van der Waals surface area (Å²) in [5.74, 6) is 0. The van der Waals surface area contributed by atoms with Crippen molar-refractivity contribution in [3.63, 3.8) is 0 Å². The van der Waals surface area contributed by atoms with Gasteiger partial charge in [-0.1, -0.05) is 196 Å². The van der Waals surface area contributed by atoms with Gasteiger partial charge < -0.3 is 9.32 Å². The van der Waals surface area contributed by atoms with Crippen LogP contribution in [0, 0.1) is 0 Å². The summed E-state index contributed by atoms with van der Waals surface area (Å²) >= 11 is 0. The van der Waals surface area contributed by atoms with Gasteiger partial charge in [-0.15, -0.1) is 0 Å². The van der Waals surface area contributed by atoms with E-state index in [0.29, 0.717) is 0 Å². The molecular formula is C57H43NO. The molecule has 0 N–H and O–H groups in total. The minimum Gasteiger partial charge on any atom is -0.455 e. The number of fused-ring (bicyclic) bond motifs is 6. The highest BCUT2D eigenvalue weighted by Crippen LogP contribution is 2.51. The molecule has 0 radical (unpaired) electrons. The van der Waals surface area contributed by atoms with E-state index in [4.69, 9.17) is 4.42 Å². The van der Waals surface area contributed by atoms with Crippen LogP contribution in [-0.2, 0) is 5.41 Å². The Morgan fingerprint density at radius 3 is 1.51 bits per heavy atom. The Hall–Kier alpha value is -7.42. The van der Waals surface area contributed by atoms with Gasteiger partial charge in [0.15, 0.2) is 0 Å². The maximum Gasteiger partial charge on any atom is 0.142 e. The SMILES string of the molecule is CC1(C)c2cc(/C=C/c3ccccc3)ccc2-c2ccc(N(c3ccc(/C=C/c4ccccc4)cc3)c3ccc(/C=C/c4cccc5c4oc4ccccc45)cc3)cc21. The van der Waals surface area contributed by atoms with Crippen LogP contribution in [0.5, 0.6) is 0 Å². The number of furan rings is 1. The van der Waals surface area contributed by atoms with E-state index in [2.05, 4.69) is 225 Å². The zero-order valence-corrected chi connectivity index (χ0v) is 33.2. The molecule has 2 heteroatoms. The van der Waals surface area contributed by atoms with E-state index in [1.54, 1.807) is 0 Å². The zero-order chi connectivity index (χ0) is 39.8. The summed E-state index contributed by atoms with van der Waals surface area (Å²) in [6.45, 7) is 4.72. The van der Waals surface area contributed by atoms with Crippen LogP contribution in [0.4, 0.5) is 17.1 Å². The van der Waals surface area contributed by atoms with Gasteiger partial charge >= 0.3 is 0 Å². The van der Waals surface area contributed by atoms with E-state index in [1.165, 1.54) is 38.9 Å². The molecule has 8 aromatic carbocycles. The lowest BCUT2D eigenvalue weighted by Crippen LogP contribution is -2.16. The highest BCUT2D eigenvalue weighted by Gasteiger charge is 2.36. The fraction of sp³-hybridized carbons (Fsp3) is 0.0526. The molecule has 0 fully saturated rings. The molecule has 1 aromatic heterocycles. The third-order valence-electron chi connectivity index (χ3n) is 11.7. The molecule has 10 rings (SSSR count). The summed E-state index contributed by atoms with van der Waals surface area (Å²) in [6, 6.07) is 67.1. The summed E-state index contributed by atoms with van der Waals surface area (Å²) in [5.41, 5.74) is 17.2. The average Bonchev–Trinajstić information content (AvgIpc) is 3.78. The first kappa shape index (κ1) is 36.0. The summed E-state index contributed by atoms with van der Waals surface area (Å²) in [4.78, 5) is 2.38. The molecular weight excluding hydrogens is 715 g/mol. The molecule has 0 saturated heterocycles. The molecule has 1 aliphatic rings. The molecule has 282 valence electrons. The normalized spacial score (nSPS) is 13.2. The van der Waals surface area contributed by atoms with Gasteiger partial charge in [0.25, 0.3) is 0 Å². The van der Waals surface area contributed by atoms with Gasteiger partial charge in [0, 0.05) is 38.8 Å². The van der Waals surface area contributed by atoms with Gasteiger partial charge in [0.2, 0.25) is 0 Å². The van der Waals surface area contributed by atoms with E-state index >= 15 is 0 Å². The maximum absolute atomic E-state index is 6.30. The molecule has 2 nitrogen and oxygen atoms in total. The average molecular weight is 758 g/mol. The van der Waals surface area contributed by atoms with Gasteiger partial charge in [0.1, 0.15) is 11.2 Å². The quantitative estimate of drug-likeness (QED) is 0.136. The molecule has 0 unspecified atom stereocenters. The summed E-state index contributed by atoms with van der Waals surface area (Å²) in [7, 11) is 0. The van der Waals surface area contributed by atoms with Gasteiger partial charge in [-0.05, 0) is 92.5 Å². The van der Waals surface area contributed by atoms with Crippen LogP contribution in [-0.4, -0.2) is 0 Å². The van der Waals surface area contributed by atoms with Crippen LogP contribution in [0.2, 0.25) is 0 Å². The van der Waals surface area contributed by atoms with E-state index < -0.39 is 0 Å². The number of rotatable bonds is 9. The lowest BCUT2D eigenvalue weighted by molar-refractivity contribution is 0.660. The highest BCUT2D eigenvalue weighted by atomic mass is 16.3. The van der Waals surface area contributed by atoms with E-state index in [1.807, 2.05) is 18.2 Å². The number of hydrogen-bond acceptors (Lipinski definition) is 2. The number of para-hydroxylation sites is 2. The standard InChI is InChI=1S/C57H43NO/c1-57(2)53-38-44(23-22-41-14-7-4-8-15-41)29-36-49(53)50-37-35-48(39-54(50)57)58(46-31-25-42(26-32-46)21-20-40-12-5-3-6-13-40)47-33-27-43(28-34-47)24-30-45-16-11-18-52-51-17-9-10-19-55(51)59-56(45)52/h3-39H,1-2H3/b21-20+,23-22+,30-24+. The fourth-order valence-corrected chi connectivity index (χ4v) is 8.50. The van der Waals surface area contributed by atoms with Gasteiger partial charge in [-0.25, -0.2) is 0 Å². The van der Waals surface area contributed by atoms with Crippen molar-refractivity contribution in [1.29, 1.82) is 0 Å². The third kappa shape index (κ3) is 7.00. The Balaban J connectivity index is 0.991. The first-order chi connectivity index (χ1) is 29.0. The van der Waals surface area contributed by atoms with Crippen molar-refractivity contribution in [1.82, 2.24) is 0 Å². The molecule has 0 saturated carbocycles. The summed E-state index contributed by atoms with van der Waals surface area (Å²) in [6.07, 6.45) is 13.1. The van der Waals surface area contributed by atoms with Crippen LogP contribution in [0.3, 0.4) is 0 Å². The predicted octanol–water partition coefficient (Wildman–Crippen LogP) is 15.9. The molecule has 0 bridgehead atoms. The number of hydrogen-bond donors (Lipinski definition) is 0. The number of benzene rings is 8. The molecule has 0 atom stereocenters. The molecule has 0 aliphatic heterocycles. The first-order valence-electron chi connectivity index (χ1n) is 20.3. The third-order valence-corrected chi connectivity index (χ3v) is 11.7. The van der Waals surface area contributed by atoms with Gasteiger partial charge in [0.05, 0.1) is 0 Å². The topological polar surface area (TPSA) is 16.4 Å². The molecule has 9 aromatic rings. The Labute approximate surface area is 346 Å². The van der Waals surface area contributed by atoms with Crippen molar-refractivity contribution < 1.29 is 4.42 Å². The Bertz CT molecular complexity index is 3040. The monoisotopic (exact) mass is 757 g/mol. The summed E-state index contributed by atoms with van der Waals surface area (Å²) in [5, 5.41) is 2.28. The highest BCUT2D eigenvalue weighted by molar-refractivity contribution is 6.07. The second-order valence-corrected chi connectivity index (χ2v) is 15.8. The Kier molecular flexibility index (Phi) is 9.24. The van der Waals surface area contributed by atoms with Crippen LogP contribution in [0.1, 0.15) is 58.4 Å². The van der Waals surface area contributed by atoms with Crippen molar-refractivity contribution in [3.8, 4) is 11.1 Å². The number of nitrogens with zero attached hydrogens (tertiary/aromatic N) is 1. The molecule has 1 heterocycles. The van der Waals surface area contributed by atoms with Crippen molar-refractivity contribution in [3.05, 3.63) is 233 Å². The van der Waals surface area contributed by atoms with E-state index in [-0.39, 0.29) is 5.41 Å². The maximum atomic E-state index is 6.30. The second-order valence-electron chi connectivity index (χ2n) is 15.8. The Morgan fingerprint density at radius 1 is 0.390 bits per heavy atom. The predicted molar refractivity (Wildman–Crippen MR) is 252 cm³/mol. The molecule has 0 spiro atoms. The van der Waals surface area contributed by atoms with Crippen LogP contribution < -0.4 is 4.90 Å². The first-order valence-corrected chi connectivity index (χ1v) is 20.3. The molecule has 0 amide bonds. The van der Waals surface area contributed by atoms with E-state index in [0.717, 1.165) is 55.7 Å². The largest absolute Gasteiger partial charge is 0.455 e. The minimum absolute atomic E-state index is 0.174. The summed E-state index contributed by atoms with van der Waals surface area (Å²) < 4.78 is 6.30. The zero-order valence-electron chi connectivity index (χ0n) is 33.2. The van der Waals surface area contributed by atoms with Crippen molar-refractivity contribution in [2.24, 2.45) is 0 Å². The lowest BCUT2D eigenvalue weighted by Gasteiger charge is -2.28. The van der Waals surface area contributed by atoms with Gasteiger partial charge in [-0.2, -0.15) is 0 Å². The smallest absolute Gasteiger partial charge is 0.142 e. The molecule has 59 heavy (non-hydrogen) atoms. The minimum atomic E-state index is -0.174. The van der Waals surface area contributed by atoms with Crippen LogP contribution in [0.15, 0.2) is 192 Å². The second kappa shape index (κ2) is 15.2. The van der Waals surface area contributed by atoms with Crippen LogP contribution >= 0.6 is 0 Å². The van der Waals surface area contributed by atoms with Crippen molar-refractivity contribution in [2.75, 3.05) is 4.90 Å². The molecule has 1 aliphatic carbocycles. The fourth-order valence-electron chi connectivity index (χ4n) is 8.50. The van der Waals surface area contributed by atoms with Crippen LogP contribution in [0.25, 0.3) is 69.5 Å². The van der Waals surface area contributed by atoms with Crippen molar-refractivity contribution in [2.45, 2.75) is 19.3 Å². The van der Waals surface area contributed by atoms with E-state index in [9.17, 15) is 0 Å².